The van der Waals surface area contributed by atoms with Crippen LogP contribution in [-0.2, 0) is 0 Å². The number of hydrogen-bond donors (Lipinski definition) is 2. The molecule has 4 heteroatoms. The number of carboxylic acids is 1. The zero-order valence-corrected chi connectivity index (χ0v) is 8.34. The highest BCUT2D eigenvalue weighted by Gasteiger charge is 2.20. The molecule has 1 aromatic rings. The molecule has 0 fully saturated rings. The number of rotatable bonds is 3. The number of aliphatic hydroxyl groups is 1. The second kappa shape index (κ2) is 3.89. The van der Waals surface area contributed by atoms with E-state index in [1.807, 2.05) is 13.8 Å². The molecule has 0 saturated heterocycles. The average molecular weight is 200 g/mol. The van der Waals surface area contributed by atoms with E-state index in [-0.39, 0.29) is 11.5 Å². The second-order valence-corrected chi connectivity index (χ2v) is 4.14. The molecule has 0 bridgehead atoms. The highest BCUT2D eigenvalue weighted by molar-refractivity contribution is 7.10. The Morgan fingerprint density at radius 2 is 2.15 bits per heavy atom. The van der Waals surface area contributed by atoms with Gasteiger partial charge in [0.25, 0.3) is 0 Å². The fourth-order valence-corrected chi connectivity index (χ4v) is 2.07. The van der Waals surface area contributed by atoms with Crippen molar-refractivity contribution in [2.75, 3.05) is 0 Å². The Morgan fingerprint density at radius 1 is 1.54 bits per heavy atom. The zero-order valence-electron chi connectivity index (χ0n) is 7.52. The van der Waals surface area contributed by atoms with Crippen molar-refractivity contribution in [3.63, 3.8) is 0 Å². The molecule has 2 N–H and O–H groups in total. The predicted molar refractivity (Wildman–Crippen MR) is 51.1 cm³/mol. The molecule has 1 unspecified atom stereocenters. The largest absolute Gasteiger partial charge is 0.478 e. The molecule has 1 rings (SSSR count). The van der Waals surface area contributed by atoms with Crippen LogP contribution in [0.15, 0.2) is 11.4 Å². The monoisotopic (exact) mass is 200 g/mol. The van der Waals surface area contributed by atoms with E-state index >= 15 is 0 Å². The molecule has 0 aromatic carbocycles. The van der Waals surface area contributed by atoms with Crippen molar-refractivity contribution in [3.05, 3.63) is 21.9 Å². The Balaban J connectivity index is 3.00. The summed E-state index contributed by atoms with van der Waals surface area (Å²) in [7, 11) is 0. The van der Waals surface area contributed by atoms with Crippen molar-refractivity contribution < 1.29 is 15.0 Å². The van der Waals surface area contributed by atoms with Crippen LogP contribution in [0.5, 0.6) is 0 Å². The average Bonchev–Trinajstić information content (AvgIpc) is 2.50. The summed E-state index contributed by atoms with van der Waals surface area (Å²) in [4.78, 5) is 11.2. The molecule has 1 aromatic heterocycles. The van der Waals surface area contributed by atoms with E-state index in [0.717, 1.165) is 0 Å². The van der Waals surface area contributed by atoms with Gasteiger partial charge in [0.1, 0.15) is 0 Å². The molecular formula is C9H12O3S. The molecule has 0 aliphatic heterocycles. The number of carbonyl (C=O) groups is 1. The first-order valence-corrected chi connectivity index (χ1v) is 4.90. The molecule has 0 radical (unpaired) electrons. The molecule has 1 heterocycles. The van der Waals surface area contributed by atoms with Crippen LogP contribution >= 0.6 is 11.3 Å². The Kier molecular flexibility index (Phi) is 3.06. The summed E-state index contributed by atoms with van der Waals surface area (Å²) in [6.45, 7) is 3.71. The van der Waals surface area contributed by atoms with Gasteiger partial charge in [-0.25, -0.2) is 4.79 Å². The lowest BCUT2D eigenvalue weighted by molar-refractivity contribution is 0.0685. The van der Waals surface area contributed by atoms with Crippen LogP contribution in [0, 0.1) is 5.92 Å². The molecule has 0 aliphatic rings. The zero-order chi connectivity index (χ0) is 10.0. The molecule has 0 aliphatic carbocycles. The van der Waals surface area contributed by atoms with Gasteiger partial charge in [0, 0.05) is 4.88 Å². The Morgan fingerprint density at radius 3 is 2.62 bits per heavy atom. The van der Waals surface area contributed by atoms with Gasteiger partial charge in [0.2, 0.25) is 0 Å². The van der Waals surface area contributed by atoms with Gasteiger partial charge in [-0.05, 0) is 17.4 Å². The fraction of sp³-hybridized carbons (Fsp3) is 0.444. The summed E-state index contributed by atoms with van der Waals surface area (Å²) in [5.74, 6) is -0.937. The number of aliphatic hydroxyl groups excluding tert-OH is 1. The predicted octanol–water partition coefficient (Wildman–Crippen LogP) is 2.14. The normalized spacial score (nSPS) is 13.2. The van der Waals surface area contributed by atoms with E-state index in [0.29, 0.717) is 4.88 Å². The second-order valence-electron chi connectivity index (χ2n) is 3.19. The Hall–Kier alpha value is -0.870. The minimum absolute atomic E-state index is 0.0387. The summed E-state index contributed by atoms with van der Waals surface area (Å²) in [5, 5.41) is 20.1. The lowest BCUT2D eigenvalue weighted by Crippen LogP contribution is -2.08. The summed E-state index contributed by atoms with van der Waals surface area (Å²) in [6.07, 6.45) is -0.675. The van der Waals surface area contributed by atoms with Crippen LogP contribution < -0.4 is 0 Å². The summed E-state index contributed by atoms with van der Waals surface area (Å²) < 4.78 is 0. The third-order valence-electron chi connectivity index (χ3n) is 1.83. The van der Waals surface area contributed by atoms with Crippen LogP contribution in [-0.4, -0.2) is 16.2 Å². The van der Waals surface area contributed by atoms with E-state index in [1.54, 1.807) is 5.38 Å². The number of thiophene rings is 1. The highest BCUT2D eigenvalue weighted by Crippen LogP contribution is 2.29. The van der Waals surface area contributed by atoms with Gasteiger partial charge in [-0.1, -0.05) is 13.8 Å². The van der Waals surface area contributed by atoms with E-state index in [2.05, 4.69) is 0 Å². The van der Waals surface area contributed by atoms with Crippen molar-refractivity contribution >= 4 is 17.3 Å². The summed E-state index contributed by atoms with van der Waals surface area (Å²) >= 11 is 1.28. The number of carboxylic acid groups (broad SMARTS) is 1. The van der Waals surface area contributed by atoms with Crippen molar-refractivity contribution in [1.82, 2.24) is 0 Å². The maximum absolute atomic E-state index is 10.7. The topological polar surface area (TPSA) is 57.5 Å². The third-order valence-corrected chi connectivity index (χ3v) is 2.81. The molecule has 13 heavy (non-hydrogen) atoms. The summed E-state index contributed by atoms with van der Waals surface area (Å²) in [6, 6.07) is 1.52. The first-order valence-electron chi connectivity index (χ1n) is 4.02. The van der Waals surface area contributed by atoms with Gasteiger partial charge in [0.15, 0.2) is 0 Å². The highest BCUT2D eigenvalue weighted by atomic mass is 32.1. The minimum Gasteiger partial charge on any atom is -0.478 e. The molecule has 1 atom stereocenters. The van der Waals surface area contributed by atoms with E-state index in [9.17, 15) is 9.90 Å². The van der Waals surface area contributed by atoms with E-state index < -0.39 is 12.1 Å². The quantitative estimate of drug-likeness (QED) is 0.785. The van der Waals surface area contributed by atoms with Crippen molar-refractivity contribution in [3.8, 4) is 0 Å². The smallest absolute Gasteiger partial charge is 0.336 e. The van der Waals surface area contributed by atoms with Crippen molar-refractivity contribution in [2.24, 2.45) is 5.92 Å². The Labute approximate surface area is 80.6 Å². The van der Waals surface area contributed by atoms with Gasteiger partial charge >= 0.3 is 5.97 Å². The van der Waals surface area contributed by atoms with Crippen LogP contribution in [0.2, 0.25) is 0 Å². The van der Waals surface area contributed by atoms with Crippen molar-refractivity contribution in [1.29, 1.82) is 0 Å². The van der Waals surface area contributed by atoms with E-state index in [1.165, 1.54) is 17.4 Å². The standard InChI is InChI=1S/C9H12O3S/c1-5(2)7(10)8-6(9(11)12)3-4-13-8/h3-5,7,10H,1-2H3,(H,11,12). The molecule has 72 valence electrons. The molecule has 0 amide bonds. The van der Waals surface area contributed by atoms with Crippen LogP contribution in [0.25, 0.3) is 0 Å². The molecule has 3 nitrogen and oxygen atoms in total. The molecular weight excluding hydrogens is 188 g/mol. The van der Waals surface area contributed by atoms with Gasteiger partial charge in [0.05, 0.1) is 11.7 Å². The van der Waals surface area contributed by atoms with Gasteiger partial charge < -0.3 is 10.2 Å². The maximum atomic E-state index is 10.7. The SMILES string of the molecule is CC(C)C(O)c1sccc1C(=O)O. The number of aromatic carboxylic acids is 1. The van der Waals surface area contributed by atoms with Crippen LogP contribution in [0.4, 0.5) is 0 Å². The minimum atomic E-state index is -0.976. The maximum Gasteiger partial charge on any atom is 0.336 e. The van der Waals surface area contributed by atoms with Gasteiger partial charge in [-0.15, -0.1) is 11.3 Å². The molecule has 0 spiro atoms. The van der Waals surface area contributed by atoms with Crippen LogP contribution in [0.3, 0.4) is 0 Å². The summed E-state index contributed by atoms with van der Waals surface area (Å²) in [5.41, 5.74) is 0.214. The van der Waals surface area contributed by atoms with E-state index in [4.69, 9.17) is 5.11 Å². The fourth-order valence-electron chi connectivity index (χ4n) is 1.03. The van der Waals surface area contributed by atoms with Crippen LogP contribution in [0.1, 0.15) is 35.2 Å². The van der Waals surface area contributed by atoms with Gasteiger partial charge in [-0.2, -0.15) is 0 Å². The first-order chi connectivity index (χ1) is 6.04. The van der Waals surface area contributed by atoms with Gasteiger partial charge in [-0.3, -0.25) is 0 Å². The molecule has 0 saturated carbocycles. The lowest BCUT2D eigenvalue weighted by atomic mass is 10.0. The number of hydrogen-bond acceptors (Lipinski definition) is 3. The lowest BCUT2D eigenvalue weighted by Gasteiger charge is -2.13. The third kappa shape index (κ3) is 2.08. The Bertz CT molecular complexity index is 304. The van der Waals surface area contributed by atoms with Crippen molar-refractivity contribution in [2.45, 2.75) is 20.0 Å². The first kappa shape index (κ1) is 10.2.